The number of carbonyl (C=O) groups is 3. The molecule has 0 aliphatic carbocycles. The number of nitrogens with zero attached hydrogens (tertiary/aromatic N) is 2. The summed E-state index contributed by atoms with van der Waals surface area (Å²) in [4.78, 5) is 40.8. The maximum absolute atomic E-state index is 13.0. The fourth-order valence-corrected chi connectivity index (χ4v) is 3.90. The first-order valence-electron chi connectivity index (χ1n) is 8.96. The Bertz CT molecular complexity index is 736. The second kappa shape index (κ2) is 7.76. The summed E-state index contributed by atoms with van der Waals surface area (Å²) in [7, 11) is 0. The fraction of sp³-hybridized carbons (Fsp3) is 0.526. The third-order valence-corrected chi connectivity index (χ3v) is 5.53. The predicted octanol–water partition coefficient (Wildman–Crippen LogP) is 2.56. The first-order valence-corrected chi connectivity index (χ1v) is 9.34. The lowest BCUT2D eigenvalue weighted by Gasteiger charge is -2.34. The van der Waals surface area contributed by atoms with Gasteiger partial charge in [0.15, 0.2) is 0 Å². The minimum Gasteiger partial charge on any atom is -0.466 e. The third kappa shape index (κ3) is 3.48. The van der Waals surface area contributed by atoms with Gasteiger partial charge in [-0.1, -0.05) is 17.7 Å². The molecule has 0 radical (unpaired) electrons. The number of benzene rings is 1. The number of rotatable bonds is 4. The molecule has 0 saturated carbocycles. The largest absolute Gasteiger partial charge is 0.466 e. The summed E-state index contributed by atoms with van der Waals surface area (Å²) < 4.78 is 5.12. The van der Waals surface area contributed by atoms with Crippen molar-refractivity contribution in [2.75, 3.05) is 24.6 Å². The third-order valence-electron chi connectivity index (χ3n) is 5.12. The molecule has 0 unspecified atom stereocenters. The summed E-state index contributed by atoms with van der Waals surface area (Å²) in [6.07, 6.45) is 1.68. The quantitative estimate of drug-likeness (QED) is 0.595. The molecule has 3 rings (SSSR count). The van der Waals surface area contributed by atoms with Crippen molar-refractivity contribution in [2.24, 2.45) is 5.92 Å². The van der Waals surface area contributed by atoms with Gasteiger partial charge in [0, 0.05) is 11.6 Å². The lowest BCUT2D eigenvalue weighted by molar-refractivity contribution is -0.150. The first kappa shape index (κ1) is 18.9. The molecule has 2 amide bonds. The molecule has 0 aromatic heterocycles. The van der Waals surface area contributed by atoms with Gasteiger partial charge in [0.1, 0.15) is 0 Å². The van der Waals surface area contributed by atoms with E-state index in [0.717, 1.165) is 12.8 Å². The monoisotopic (exact) mass is 378 g/mol. The number of anilines is 1. The van der Waals surface area contributed by atoms with Gasteiger partial charge < -0.3 is 4.74 Å². The van der Waals surface area contributed by atoms with E-state index in [9.17, 15) is 14.4 Å². The van der Waals surface area contributed by atoms with Gasteiger partial charge in [-0.2, -0.15) is 0 Å². The van der Waals surface area contributed by atoms with Crippen molar-refractivity contribution in [2.45, 2.75) is 39.2 Å². The van der Waals surface area contributed by atoms with E-state index in [0.29, 0.717) is 36.0 Å². The number of hydrogen-bond donors (Lipinski definition) is 0. The molecule has 7 heteroatoms. The summed E-state index contributed by atoms with van der Waals surface area (Å²) in [5, 5.41) is 0.520. The molecule has 1 aromatic carbocycles. The summed E-state index contributed by atoms with van der Waals surface area (Å²) >= 11 is 6.15. The fourth-order valence-electron chi connectivity index (χ4n) is 3.73. The van der Waals surface area contributed by atoms with Crippen LogP contribution in [0.15, 0.2) is 18.2 Å². The molecule has 2 aliphatic rings. The van der Waals surface area contributed by atoms with Crippen LogP contribution in [-0.2, 0) is 19.1 Å². The van der Waals surface area contributed by atoms with Crippen LogP contribution in [0.3, 0.4) is 0 Å². The van der Waals surface area contributed by atoms with Crippen molar-refractivity contribution in [3.05, 3.63) is 28.8 Å². The van der Waals surface area contributed by atoms with Crippen molar-refractivity contribution in [3.63, 3.8) is 0 Å². The summed E-state index contributed by atoms with van der Waals surface area (Å²) in [5.41, 5.74) is 1.24. The maximum Gasteiger partial charge on any atom is 0.310 e. The normalized spacial score (nSPS) is 24.2. The van der Waals surface area contributed by atoms with Crippen molar-refractivity contribution in [3.8, 4) is 0 Å². The van der Waals surface area contributed by atoms with Gasteiger partial charge in [0.2, 0.25) is 5.91 Å². The second-order valence-electron chi connectivity index (χ2n) is 6.76. The van der Waals surface area contributed by atoms with Crippen LogP contribution in [-0.4, -0.2) is 48.4 Å². The number of ether oxygens (including phenoxy) is 1. The summed E-state index contributed by atoms with van der Waals surface area (Å²) in [6, 6.07) is 4.67. The first-order chi connectivity index (χ1) is 12.4. The standard InChI is InChI=1S/C19H23ClN2O4/c1-3-26-19(25)13-6-5-9-21(11-13)16-10-17(23)22(18(16)24)15-8-4-7-14(20)12(15)2/h4,7-8,13,16H,3,5-6,9-11H2,1-2H3/t13-,16-/m0/s1. The van der Waals surface area contributed by atoms with Gasteiger partial charge in [-0.3, -0.25) is 19.3 Å². The Hall–Kier alpha value is -1.92. The molecule has 2 heterocycles. The van der Waals surface area contributed by atoms with E-state index < -0.39 is 6.04 Å². The Kier molecular flexibility index (Phi) is 5.63. The van der Waals surface area contributed by atoms with Crippen LogP contribution < -0.4 is 4.90 Å². The Morgan fingerprint density at radius 2 is 2.12 bits per heavy atom. The minimum absolute atomic E-state index is 0.125. The number of piperidine rings is 1. The molecule has 6 nitrogen and oxygen atoms in total. The van der Waals surface area contributed by atoms with Crippen molar-refractivity contribution in [1.82, 2.24) is 4.90 Å². The Morgan fingerprint density at radius 3 is 2.85 bits per heavy atom. The van der Waals surface area contributed by atoms with Crippen molar-refractivity contribution < 1.29 is 19.1 Å². The van der Waals surface area contributed by atoms with Gasteiger partial charge in [0.25, 0.3) is 5.91 Å². The summed E-state index contributed by atoms with van der Waals surface area (Å²) in [6.45, 7) is 5.07. The molecule has 2 atom stereocenters. The molecule has 2 aliphatic heterocycles. The van der Waals surface area contributed by atoms with E-state index in [1.165, 1.54) is 4.90 Å². The van der Waals surface area contributed by atoms with E-state index in [1.807, 2.05) is 4.90 Å². The molecule has 2 fully saturated rings. The van der Waals surface area contributed by atoms with Crippen LogP contribution in [0.2, 0.25) is 5.02 Å². The van der Waals surface area contributed by atoms with E-state index in [2.05, 4.69) is 0 Å². The van der Waals surface area contributed by atoms with E-state index >= 15 is 0 Å². The number of likely N-dealkylation sites (tertiary alicyclic amines) is 1. The Labute approximate surface area is 158 Å². The molecule has 1 aromatic rings. The zero-order chi connectivity index (χ0) is 18.8. The molecule has 0 spiro atoms. The highest BCUT2D eigenvalue weighted by atomic mass is 35.5. The molecule has 140 valence electrons. The molecular weight excluding hydrogens is 356 g/mol. The van der Waals surface area contributed by atoms with Crippen LogP contribution in [0.4, 0.5) is 5.69 Å². The highest BCUT2D eigenvalue weighted by molar-refractivity contribution is 6.32. The number of hydrogen-bond acceptors (Lipinski definition) is 5. The predicted molar refractivity (Wildman–Crippen MR) is 98.0 cm³/mol. The highest BCUT2D eigenvalue weighted by Crippen LogP contribution is 2.33. The molecular formula is C19H23ClN2O4. The highest BCUT2D eigenvalue weighted by Gasteiger charge is 2.45. The second-order valence-corrected chi connectivity index (χ2v) is 7.16. The summed E-state index contributed by atoms with van der Waals surface area (Å²) in [5.74, 6) is -0.946. The minimum atomic E-state index is -0.530. The number of halogens is 1. The van der Waals surface area contributed by atoms with Crippen LogP contribution in [0.1, 0.15) is 31.7 Å². The van der Waals surface area contributed by atoms with Gasteiger partial charge in [0.05, 0.1) is 30.7 Å². The SMILES string of the molecule is CCOC(=O)[C@H]1CCCN([C@H]2CC(=O)N(c3cccc(Cl)c3C)C2=O)C1. The number of amides is 2. The molecule has 2 saturated heterocycles. The van der Waals surface area contributed by atoms with Gasteiger partial charge >= 0.3 is 5.97 Å². The van der Waals surface area contributed by atoms with E-state index in [4.69, 9.17) is 16.3 Å². The smallest absolute Gasteiger partial charge is 0.310 e. The van der Waals surface area contributed by atoms with Gasteiger partial charge in [-0.05, 0) is 50.9 Å². The average molecular weight is 379 g/mol. The topological polar surface area (TPSA) is 66.9 Å². The van der Waals surface area contributed by atoms with E-state index in [-0.39, 0.29) is 30.1 Å². The van der Waals surface area contributed by atoms with E-state index in [1.54, 1.807) is 32.0 Å². The van der Waals surface area contributed by atoms with Crippen LogP contribution in [0.5, 0.6) is 0 Å². The lowest BCUT2D eigenvalue weighted by atomic mass is 9.96. The van der Waals surface area contributed by atoms with Crippen molar-refractivity contribution in [1.29, 1.82) is 0 Å². The lowest BCUT2D eigenvalue weighted by Crippen LogP contribution is -2.48. The van der Waals surface area contributed by atoms with Crippen LogP contribution in [0, 0.1) is 12.8 Å². The number of carbonyl (C=O) groups excluding carboxylic acids is 3. The zero-order valence-electron chi connectivity index (χ0n) is 15.0. The van der Waals surface area contributed by atoms with Gasteiger partial charge in [-0.15, -0.1) is 0 Å². The number of imide groups is 1. The Morgan fingerprint density at radius 1 is 1.35 bits per heavy atom. The maximum atomic E-state index is 13.0. The van der Waals surface area contributed by atoms with Gasteiger partial charge in [-0.25, -0.2) is 4.90 Å². The van der Waals surface area contributed by atoms with Crippen LogP contribution in [0.25, 0.3) is 0 Å². The molecule has 26 heavy (non-hydrogen) atoms. The van der Waals surface area contributed by atoms with Crippen molar-refractivity contribution >= 4 is 35.1 Å². The average Bonchev–Trinajstić information content (AvgIpc) is 2.92. The molecule has 0 N–H and O–H groups in total. The number of esters is 1. The zero-order valence-corrected chi connectivity index (χ0v) is 15.8. The molecule has 0 bridgehead atoms. The van der Waals surface area contributed by atoms with Crippen LogP contribution >= 0.6 is 11.6 Å². The Balaban J connectivity index is 1.78.